The minimum Gasteiger partial charge on any atom is -0.308 e. The molecule has 0 radical (unpaired) electrons. The topological polar surface area (TPSA) is 55.6 Å². The largest absolute Gasteiger partial charge is 0.308 e. The maximum Gasteiger partial charge on any atom is 0.138 e. The Hall–Kier alpha value is -1.75. The van der Waals surface area contributed by atoms with Crippen LogP contribution in [0.25, 0.3) is 0 Å². The summed E-state index contributed by atoms with van der Waals surface area (Å²) in [6, 6.07) is 4.34. The van der Waals surface area contributed by atoms with Crippen molar-refractivity contribution in [2.75, 3.05) is 6.54 Å². The van der Waals surface area contributed by atoms with Gasteiger partial charge < -0.3 is 5.32 Å². The van der Waals surface area contributed by atoms with Crippen LogP contribution in [-0.4, -0.2) is 26.3 Å². The second-order valence-electron chi connectivity index (χ2n) is 4.91. The molecule has 5 heteroatoms. The van der Waals surface area contributed by atoms with Crippen molar-refractivity contribution >= 4 is 0 Å². The molecule has 2 heterocycles. The molecule has 108 valence electrons. The highest BCUT2D eigenvalue weighted by Crippen LogP contribution is 2.19. The lowest BCUT2D eigenvalue weighted by atomic mass is 10.0. The van der Waals surface area contributed by atoms with Gasteiger partial charge in [-0.15, -0.1) is 0 Å². The van der Waals surface area contributed by atoms with Crippen LogP contribution in [0, 0.1) is 0 Å². The van der Waals surface area contributed by atoms with E-state index >= 15 is 0 Å². The van der Waals surface area contributed by atoms with Crippen LogP contribution in [0.4, 0.5) is 0 Å². The Kier molecular flexibility index (Phi) is 5.24. The summed E-state index contributed by atoms with van der Waals surface area (Å²) in [5.41, 5.74) is 2.43. The van der Waals surface area contributed by atoms with Crippen LogP contribution < -0.4 is 5.32 Å². The lowest BCUT2D eigenvalue weighted by Gasteiger charge is -2.20. The summed E-state index contributed by atoms with van der Waals surface area (Å²) in [6.07, 6.45) is 6.37. The first-order valence-electron chi connectivity index (χ1n) is 7.26. The van der Waals surface area contributed by atoms with E-state index in [1.54, 1.807) is 6.33 Å². The van der Waals surface area contributed by atoms with Crippen LogP contribution in [-0.2, 0) is 19.9 Å². The molecule has 0 fully saturated rings. The van der Waals surface area contributed by atoms with Gasteiger partial charge in [0.05, 0.1) is 11.7 Å². The van der Waals surface area contributed by atoms with Crippen molar-refractivity contribution in [2.45, 2.75) is 39.2 Å². The molecule has 0 amide bonds. The fourth-order valence-corrected chi connectivity index (χ4v) is 2.34. The SMILES string of the molecule is CCCNC(Cc1ncnn1C)c1ncccc1CC. The minimum absolute atomic E-state index is 0.189. The van der Waals surface area contributed by atoms with Crippen molar-refractivity contribution in [3.63, 3.8) is 0 Å². The molecule has 1 unspecified atom stereocenters. The Balaban J connectivity index is 2.24. The zero-order chi connectivity index (χ0) is 14.4. The lowest BCUT2D eigenvalue weighted by molar-refractivity contribution is 0.493. The maximum absolute atomic E-state index is 4.59. The molecular formula is C15H23N5. The van der Waals surface area contributed by atoms with Gasteiger partial charge in [0.15, 0.2) is 0 Å². The average Bonchev–Trinajstić information content (AvgIpc) is 2.88. The summed E-state index contributed by atoms with van der Waals surface area (Å²) < 4.78 is 1.83. The highest BCUT2D eigenvalue weighted by molar-refractivity contribution is 5.23. The van der Waals surface area contributed by atoms with Crippen LogP contribution in [0.3, 0.4) is 0 Å². The van der Waals surface area contributed by atoms with Gasteiger partial charge in [-0.2, -0.15) is 5.10 Å². The second-order valence-corrected chi connectivity index (χ2v) is 4.91. The quantitative estimate of drug-likeness (QED) is 0.839. The molecule has 0 aliphatic rings. The third-order valence-corrected chi connectivity index (χ3v) is 3.47. The number of hydrogen-bond donors (Lipinski definition) is 1. The third kappa shape index (κ3) is 3.42. The van der Waals surface area contributed by atoms with Gasteiger partial charge in [0.2, 0.25) is 0 Å². The predicted octanol–water partition coefficient (Wildman–Crippen LogP) is 2.06. The Bertz CT molecular complexity index is 535. The zero-order valence-electron chi connectivity index (χ0n) is 12.5. The van der Waals surface area contributed by atoms with Crippen LogP contribution in [0.15, 0.2) is 24.7 Å². The molecule has 0 saturated heterocycles. The van der Waals surface area contributed by atoms with Crippen molar-refractivity contribution in [1.29, 1.82) is 0 Å². The number of pyridine rings is 1. The van der Waals surface area contributed by atoms with E-state index in [0.717, 1.165) is 37.3 Å². The van der Waals surface area contributed by atoms with Gasteiger partial charge in [0.25, 0.3) is 0 Å². The standard InChI is InChI=1S/C15H23N5/c1-4-8-16-13(10-14-18-11-19-20(14)3)15-12(5-2)7-6-9-17-15/h6-7,9,11,13,16H,4-5,8,10H2,1-3H3. The first kappa shape index (κ1) is 14.7. The summed E-state index contributed by atoms with van der Waals surface area (Å²) in [5, 5.41) is 7.73. The third-order valence-electron chi connectivity index (χ3n) is 3.47. The first-order chi connectivity index (χ1) is 9.76. The summed E-state index contributed by atoms with van der Waals surface area (Å²) >= 11 is 0. The Morgan fingerprint density at radius 2 is 2.15 bits per heavy atom. The Morgan fingerprint density at radius 1 is 1.30 bits per heavy atom. The van der Waals surface area contributed by atoms with Gasteiger partial charge in [-0.25, -0.2) is 4.98 Å². The average molecular weight is 273 g/mol. The van der Waals surface area contributed by atoms with Gasteiger partial charge in [-0.1, -0.05) is 19.9 Å². The first-order valence-corrected chi connectivity index (χ1v) is 7.26. The van der Waals surface area contributed by atoms with Crippen molar-refractivity contribution < 1.29 is 0 Å². The van der Waals surface area contributed by atoms with Gasteiger partial charge in [0.1, 0.15) is 12.2 Å². The summed E-state index contributed by atoms with van der Waals surface area (Å²) in [5.74, 6) is 0.978. The molecule has 5 nitrogen and oxygen atoms in total. The van der Waals surface area contributed by atoms with Crippen LogP contribution >= 0.6 is 0 Å². The van der Waals surface area contributed by atoms with Gasteiger partial charge in [-0.3, -0.25) is 9.67 Å². The van der Waals surface area contributed by atoms with E-state index in [2.05, 4.69) is 40.3 Å². The molecule has 0 bridgehead atoms. The summed E-state index contributed by atoms with van der Waals surface area (Å²) in [4.78, 5) is 8.92. The van der Waals surface area contributed by atoms with Crippen LogP contribution in [0.2, 0.25) is 0 Å². The molecular weight excluding hydrogens is 250 g/mol. The number of aryl methyl sites for hydroxylation is 2. The highest BCUT2D eigenvalue weighted by Gasteiger charge is 2.18. The molecule has 2 rings (SSSR count). The van der Waals surface area contributed by atoms with E-state index in [1.807, 2.05) is 24.0 Å². The highest BCUT2D eigenvalue weighted by atomic mass is 15.3. The molecule has 2 aromatic rings. The van der Waals surface area contributed by atoms with E-state index in [0.29, 0.717) is 0 Å². The number of rotatable bonds is 7. The van der Waals surface area contributed by atoms with Crippen molar-refractivity contribution in [1.82, 2.24) is 25.1 Å². The molecule has 0 aromatic carbocycles. The smallest absolute Gasteiger partial charge is 0.138 e. The lowest BCUT2D eigenvalue weighted by Crippen LogP contribution is -2.27. The second kappa shape index (κ2) is 7.14. The Labute approximate surface area is 120 Å². The Morgan fingerprint density at radius 3 is 2.80 bits per heavy atom. The molecule has 0 aliphatic carbocycles. The fourth-order valence-electron chi connectivity index (χ4n) is 2.34. The number of nitrogens with zero attached hydrogens (tertiary/aromatic N) is 4. The fraction of sp³-hybridized carbons (Fsp3) is 0.533. The van der Waals surface area contributed by atoms with Crippen molar-refractivity contribution in [3.05, 3.63) is 41.7 Å². The van der Waals surface area contributed by atoms with Crippen LogP contribution in [0.1, 0.15) is 43.4 Å². The van der Waals surface area contributed by atoms with Gasteiger partial charge >= 0.3 is 0 Å². The van der Waals surface area contributed by atoms with E-state index in [-0.39, 0.29) is 6.04 Å². The minimum atomic E-state index is 0.189. The zero-order valence-corrected chi connectivity index (χ0v) is 12.5. The van der Waals surface area contributed by atoms with E-state index in [1.165, 1.54) is 5.56 Å². The summed E-state index contributed by atoms with van der Waals surface area (Å²) in [6.45, 7) is 5.31. The van der Waals surface area contributed by atoms with E-state index in [4.69, 9.17) is 0 Å². The summed E-state index contributed by atoms with van der Waals surface area (Å²) in [7, 11) is 1.93. The normalized spacial score (nSPS) is 12.6. The number of hydrogen-bond acceptors (Lipinski definition) is 4. The van der Waals surface area contributed by atoms with Gasteiger partial charge in [-0.05, 0) is 31.0 Å². The molecule has 0 spiro atoms. The predicted molar refractivity (Wildman–Crippen MR) is 79.4 cm³/mol. The van der Waals surface area contributed by atoms with E-state index < -0.39 is 0 Å². The molecule has 0 saturated carbocycles. The number of nitrogens with one attached hydrogen (secondary N) is 1. The van der Waals surface area contributed by atoms with Crippen molar-refractivity contribution in [2.24, 2.45) is 7.05 Å². The maximum atomic E-state index is 4.59. The molecule has 1 N–H and O–H groups in total. The van der Waals surface area contributed by atoms with Crippen molar-refractivity contribution in [3.8, 4) is 0 Å². The molecule has 1 atom stereocenters. The number of aromatic nitrogens is 4. The van der Waals surface area contributed by atoms with E-state index in [9.17, 15) is 0 Å². The molecule has 0 aliphatic heterocycles. The van der Waals surface area contributed by atoms with Gasteiger partial charge in [0, 0.05) is 19.7 Å². The molecule has 20 heavy (non-hydrogen) atoms. The monoisotopic (exact) mass is 273 g/mol. The van der Waals surface area contributed by atoms with Crippen LogP contribution in [0.5, 0.6) is 0 Å². The molecule has 2 aromatic heterocycles.